The third kappa shape index (κ3) is 3.41. The summed E-state index contributed by atoms with van der Waals surface area (Å²) in [6.07, 6.45) is 5.25. The lowest BCUT2D eigenvalue weighted by Crippen LogP contribution is -2.23. The zero-order valence-corrected chi connectivity index (χ0v) is 12.7. The number of methoxy groups -OCH3 is 1. The molecule has 1 aromatic carbocycles. The summed E-state index contributed by atoms with van der Waals surface area (Å²) in [5.74, 6) is 2.68. The molecule has 0 amide bonds. The number of alkyl halides is 1. The Bertz CT molecular complexity index is 384. The molecule has 0 saturated heterocycles. The molecular weight excluding hydrogens is 292 g/mol. The van der Waals surface area contributed by atoms with E-state index < -0.39 is 0 Å². The highest BCUT2D eigenvalue weighted by Crippen LogP contribution is 2.31. The summed E-state index contributed by atoms with van der Waals surface area (Å²) in [5, 5.41) is 0.815. The van der Waals surface area contributed by atoms with Crippen LogP contribution in [0.25, 0.3) is 0 Å². The number of hydrogen-bond donors (Lipinski definition) is 0. The molecule has 2 nitrogen and oxygen atoms in total. The van der Waals surface area contributed by atoms with E-state index in [-0.39, 0.29) is 0 Å². The fourth-order valence-corrected chi connectivity index (χ4v) is 2.87. The third-order valence-corrected chi connectivity index (χ3v) is 4.28. The maximum absolute atomic E-state index is 6.16. The highest BCUT2D eigenvalue weighted by atomic mass is 79.9. The molecule has 0 N–H and O–H groups in total. The lowest BCUT2D eigenvalue weighted by molar-refractivity contribution is 0.134. The van der Waals surface area contributed by atoms with Crippen molar-refractivity contribution in [3.8, 4) is 11.5 Å². The van der Waals surface area contributed by atoms with Crippen LogP contribution in [0.15, 0.2) is 18.2 Å². The highest BCUT2D eigenvalue weighted by molar-refractivity contribution is 9.08. The van der Waals surface area contributed by atoms with Crippen molar-refractivity contribution >= 4 is 15.9 Å². The molecule has 0 radical (unpaired) electrons. The summed E-state index contributed by atoms with van der Waals surface area (Å²) >= 11 is 3.51. The molecule has 1 aliphatic rings. The van der Waals surface area contributed by atoms with E-state index >= 15 is 0 Å². The van der Waals surface area contributed by atoms with Crippen LogP contribution in [0.1, 0.15) is 38.2 Å². The molecule has 18 heavy (non-hydrogen) atoms. The molecule has 0 atom stereocenters. The van der Waals surface area contributed by atoms with Crippen LogP contribution in [-0.2, 0) is 5.33 Å². The van der Waals surface area contributed by atoms with Crippen molar-refractivity contribution in [3.05, 3.63) is 23.8 Å². The van der Waals surface area contributed by atoms with Crippen molar-refractivity contribution in [3.63, 3.8) is 0 Å². The van der Waals surface area contributed by atoms with Crippen LogP contribution in [0.4, 0.5) is 0 Å². The van der Waals surface area contributed by atoms with Gasteiger partial charge >= 0.3 is 0 Å². The number of ether oxygens (including phenoxy) is 2. The minimum absolute atomic E-state index is 0.367. The second-order valence-corrected chi connectivity index (χ2v) is 5.67. The van der Waals surface area contributed by atoms with Crippen LogP contribution in [0.5, 0.6) is 11.5 Å². The Hall–Kier alpha value is -0.700. The first-order chi connectivity index (χ1) is 8.72. The molecule has 0 unspecified atom stereocenters. The van der Waals surface area contributed by atoms with Gasteiger partial charge in [0, 0.05) is 17.0 Å². The van der Waals surface area contributed by atoms with Crippen LogP contribution in [0, 0.1) is 5.92 Å². The maximum atomic E-state index is 6.16. The first-order valence-electron chi connectivity index (χ1n) is 6.62. The molecule has 100 valence electrons. The molecule has 0 aromatic heterocycles. The molecule has 1 saturated carbocycles. The van der Waals surface area contributed by atoms with Crippen LogP contribution >= 0.6 is 15.9 Å². The van der Waals surface area contributed by atoms with Gasteiger partial charge in [-0.25, -0.2) is 0 Å². The van der Waals surface area contributed by atoms with Gasteiger partial charge < -0.3 is 9.47 Å². The summed E-state index contributed by atoms with van der Waals surface area (Å²) in [4.78, 5) is 0. The van der Waals surface area contributed by atoms with Gasteiger partial charge in [-0.15, -0.1) is 0 Å². The third-order valence-electron chi connectivity index (χ3n) is 3.67. The number of hydrogen-bond acceptors (Lipinski definition) is 2. The van der Waals surface area contributed by atoms with Crippen LogP contribution in [0.3, 0.4) is 0 Å². The van der Waals surface area contributed by atoms with E-state index in [0.29, 0.717) is 6.10 Å². The predicted octanol–water partition coefficient (Wildman–Crippen LogP) is 4.55. The molecule has 3 heteroatoms. The summed E-state index contributed by atoms with van der Waals surface area (Å²) in [6.45, 7) is 2.33. The summed E-state index contributed by atoms with van der Waals surface area (Å²) < 4.78 is 11.4. The van der Waals surface area contributed by atoms with Gasteiger partial charge in [0.25, 0.3) is 0 Å². The van der Waals surface area contributed by atoms with Crippen LogP contribution in [-0.4, -0.2) is 13.2 Å². The Kier molecular flexibility index (Phi) is 4.93. The van der Waals surface area contributed by atoms with E-state index in [2.05, 4.69) is 28.9 Å². The van der Waals surface area contributed by atoms with E-state index in [9.17, 15) is 0 Å². The largest absolute Gasteiger partial charge is 0.497 e. The molecule has 1 fully saturated rings. The second-order valence-electron chi connectivity index (χ2n) is 5.11. The Labute approximate surface area is 118 Å². The summed E-state index contributed by atoms with van der Waals surface area (Å²) in [7, 11) is 1.69. The average Bonchev–Trinajstić information content (AvgIpc) is 2.41. The zero-order valence-electron chi connectivity index (χ0n) is 11.1. The lowest BCUT2D eigenvalue weighted by atomic mass is 9.89. The predicted molar refractivity (Wildman–Crippen MR) is 77.7 cm³/mol. The fraction of sp³-hybridized carbons (Fsp3) is 0.600. The van der Waals surface area contributed by atoms with Gasteiger partial charge in [-0.1, -0.05) is 28.9 Å². The van der Waals surface area contributed by atoms with Crippen LogP contribution < -0.4 is 9.47 Å². The normalized spacial score (nSPS) is 23.7. The monoisotopic (exact) mass is 312 g/mol. The van der Waals surface area contributed by atoms with Gasteiger partial charge in [0.1, 0.15) is 11.5 Å². The smallest absolute Gasteiger partial charge is 0.127 e. The zero-order chi connectivity index (χ0) is 13.0. The van der Waals surface area contributed by atoms with E-state index in [4.69, 9.17) is 9.47 Å². The molecule has 0 spiro atoms. The minimum Gasteiger partial charge on any atom is -0.497 e. The lowest BCUT2D eigenvalue weighted by Gasteiger charge is -2.27. The average molecular weight is 313 g/mol. The number of benzene rings is 1. The molecule has 2 rings (SSSR count). The summed E-state index contributed by atoms with van der Waals surface area (Å²) in [5.41, 5.74) is 1.19. The van der Waals surface area contributed by atoms with E-state index in [1.807, 2.05) is 12.1 Å². The quantitative estimate of drug-likeness (QED) is 0.759. The van der Waals surface area contributed by atoms with E-state index in [1.54, 1.807) is 7.11 Å². The summed E-state index contributed by atoms with van der Waals surface area (Å²) in [6, 6.07) is 6.04. The Morgan fingerprint density at radius 3 is 2.56 bits per heavy atom. The molecule has 1 aliphatic carbocycles. The van der Waals surface area contributed by atoms with Crippen molar-refractivity contribution < 1.29 is 9.47 Å². The van der Waals surface area contributed by atoms with Crippen molar-refractivity contribution in [2.75, 3.05) is 7.11 Å². The van der Waals surface area contributed by atoms with E-state index in [1.165, 1.54) is 31.2 Å². The van der Waals surface area contributed by atoms with Gasteiger partial charge in [-0.05, 0) is 37.7 Å². The van der Waals surface area contributed by atoms with Crippen LogP contribution in [0.2, 0.25) is 0 Å². The molecular formula is C15H21BrO2. The van der Waals surface area contributed by atoms with Gasteiger partial charge in [0.2, 0.25) is 0 Å². The van der Waals surface area contributed by atoms with Gasteiger partial charge in [0.05, 0.1) is 13.2 Å². The molecule has 0 heterocycles. The second kappa shape index (κ2) is 6.46. The molecule has 0 bridgehead atoms. The standard InChI is InChI=1S/C15H21BrO2/c1-11-3-6-13(7-4-11)18-15-9-14(17-2)8-5-12(15)10-16/h5,8-9,11,13H,3-4,6-7,10H2,1-2H3. The number of halogens is 1. The maximum Gasteiger partial charge on any atom is 0.127 e. The van der Waals surface area contributed by atoms with Crippen molar-refractivity contribution in [1.29, 1.82) is 0 Å². The SMILES string of the molecule is COc1ccc(CBr)c(OC2CCC(C)CC2)c1. The van der Waals surface area contributed by atoms with Gasteiger partial charge in [-0.3, -0.25) is 0 Å². The topological polar surface area (TPSA) is 18.5 Å². The minimum atomic E-state index is 0.367. The Morgan fingerprint density at radius 2 is 1.94 bits per heavy atom. The van der Waals surface area contributed by atoms with Crippen molar-refractivity contribution in [1.82, 2.24) is 0 Å². The van der Waals surface area contributed by atoms with E-state index in [0.717, 1.165) is 22.7 Å². The molecule has 0 aliphatic heterocycles. The van der Waals surface area contributed by atoms with Gasteiger partial charge in [0.15, 0.2) is 0 Å². The first kappa shape index (κ1) is 13.7. The van der Waals surface area contributed by atoms with Crippen molar-refractivity contribution in [2.24, 2.45) is 5.92 Å². The number of rotatable bonds is 4. The highest BCUT2D eigenvalue weighted by Gasteiger charge is 2.20. The Morgan fingerprint density at radius 1 is 1.22 bits per heavy atom. The fourth-order valence-electron chi connectivity index (χ4n) is 2.41. The van der Waals surface area contributed by atoms with Crippen molar-refractivity contribution in [2.45, 2.75) is 44.0 Å². The Balaban J connectivity index is 2.07. The van der Waals surface area contributed by atoms with Gasteiger partial charge in [-0.2, -0.15) is 0 Å². The molecule has 1 aromatic rings. The first-order valence-corrected chi connectivity index (χ1v) is 7.74.